The molecule has 1 aromatic heterocycles. The van der Waals surface area contributed by atoms with E-state index in [2.05, 4.69) is 46.6 Å². The summed E-state index contributed by atoms with van der Waals surface area (Å²) in [5.74, 6) is 0.929. The lowest BCUT2D eigenvalue weighted by molar-refractivity contribution is 1.34. The summed E-state index contributed by atoms with van der Waals surface area (Å²) in [6, 6.07) is 16.5. The highest BCUT2D eigenvalue weighted by molar-refractivity contribution is 7.98. The van der Waals surface area contributed by atoms with Crippen LogP contribution < -0.4 is 0 Å². The number of H-pyrrole nitrogens is 1. The molecule has 0 aliphatic heterocycles. The zero-order valence-electron chi connectivity index (χ0n) is 9.47. The van der Waals surface area contributed by atoms with Crippen LogP contribution in [0.15, 0.2) is 53.4 Å². The Morgan fingerprint density at radius 3 is 2.65 bits per heavy atom. The van der Waals surface area contributed by atoms with Crippen LogP contribution in [0.25, 0.3) is 22.4 Å². The number of fused-ring (bicyclic) bond motifs is 1. The Kier molecular flexibility index (Phi) is 2.61. The molecule has 1 heterocycles. The topological polar surface area (TPSA) is 28.7 Å². The van der Waals surface area contributed by atoms with E-state index in [1.807, 2.05) is 18.2 Å². The van der Waals surface area contributed by atoms with Crippen LogP contribution in [-0.2, 0) is 0 Å². The van der Waals surface area contributed by atoms with Crippen molar-refractivity contribution in [3.8, 4) is 11.4 Å². The van der Waals surface area contributed by atoms with Crippen LogP contribution in [0.1, 0.15) is 0 Å². The van der Waals surface area contributed by atoms with Crippen LogP contribution in [0.2, 0.25) is 0 Å². The van der Waals surface area contributed by atoms with Crippen molar-refractivity contribution in [2.75, 3.05) is 6.26 Å². The lowest BCUT2D eigenvalue weighted by Gasteiger charge is -1.94. The Balaban J connectivity index is 2.14. The van der Waals surface area contributed by atoms with E-state index in [1.54, 1.807) is 11.8 Å². The Morgan fingerprint density at radius 1 is 1.06 bits per heavy atom. The molecule has 0 aliphatic carbocycles. The Morgan fingerprint density at radius 2 is 1.88 bits per heavy atom. The van der Waals surface area contributed by atoms with Crippen molar-refractivity contribution in [3.63, 3.8) is 0 Å². The van der Waals surface area contributed by atoms with E-state index in [0.717, 1.165) is 22.4 Å². The maximum absolute atomic E-state index is 4.59. The molecule has 0 aliphatic rings. The van der Waals surface area contributed by atoms with E-state index in [9.17, 15) is 0 Å². The molecule has 84 valence electrons. The number of hydrogen-bond acceptors (Lipinski definition) is 2. The highest BCUT2D eigenvalue weighted by Gasteiger charge is 2.04. The molecule has 2 aromatic carbocycles. The van der Waals surface area contributed by atoms with Gasteiger partial charge in [0.1, 0.15) is 5.82 Å². The van der Waals surface area contributed by atoms with Crippen LogP contribution in [0, 0.1) is 0 Å². The van der Waals surface area contributed by atoms with Crippen molar-refractivity contribution in [1.82, 2.24) is 9.97 Å². The van der Waals surface area contributed by atoms with Gasteiger partial charge in [-0.2, -0.15) is 0 Å². The van der Waals surface area contributed by atoms with E-state index < -0.39 is 0 Å². The summed E-state index contributed by atoms with van der Waals surface area (Å²) in [6.45, 7) is 0. The molecule has 0 atom stereocenters. The first-order valence-electron chi connectivity index (χ1n) is 5.46. The lowest BCUT2D eigenvalue weighted by atomic mass is 10.2. The third-order valence-electron chi connectivity index (χ3n) is 2.74. The molecular weight excluding hydrogens is 228 g/mol. The van der Waals surface area contributed by atoms with Gasteiger partial charge in [0.05, 0.1) is 11.0 Å². The Labute approximate surface area is 104 Å². The van der Waals surface area contributed by atoms with Gasteiger partial charge in [-0.25, -0.2) is 4.98 Å². The van der Waals surface area contributed by atoms with Gasteiger partial charge in [0.15, 0.2) is 0 Å². The number of aromatic amines is 1. The second-order valence-corrected chi connectivity index (χ2v) is 4.71. The second-order valence-electron chi connectivity index (χ2n) is 3.83. The van der Waals surface area contributed by atoms with Crippen molar-refractivity contribution in [2.45, 2.75) is 4.90 Å². The summed E-state index contributed by atoms with van der Waals surface area (Å²) in [6.07, 6.45) is 2.08. The van der Waals surface area contributed by atoms with Gasteiger partial charge in [0.2, 0.25) is 0 Å². The minimum Gasteiger partial charge on any atom is -0.338 e. The van der Waals surface area contributed by atoms with Crippen LogP contribution in [0.5, 0.6) is 0 Å². The second kappa shape index (κ2) is 4.26. The quantitative estimate of drug-likeness (QED) is 0.687. The lowest BCUT2D eigenvalue weighted by Crippen LogP contribution is -1.77. The molecule has 17 heavy (non-hydrogen) atoms. The summed E-state index contributed by atoms with van der Waals surface area (Å²) < 4.78 is 0. The third kappa shape index (κ3) is 1.94. The van der Waals surface area contributed by atoms with Crippen molar-refractivity contribution in [3.05, 3.63) is 48.5 Å². The van der Waals surface area contributed by atoms with Crippen LogP contribution >= 0.6 is 11.8 Å². The summed E-state index contributed by atoms with van der Waals surface area (Å²) in [5.41, 5.74) is 3.23. The molecule has 1 N–H and O–H groups in total. The Hall–Kier alpha value is -1.74. The van der Waals surface area contributed by atoms with Crippen LogP contribution in [-0.4, -0.2) is 16.2 Å². The number of aromatic nitrogens is 2. The number of hydrogen-bond donors (Lipinski definition) is 1. The number of imidazole rings is 1. The standard InChI is InChI=1S/C14H12N2S/c1-17-11-7-8-12-13(9-11)16-14(15-12)10-5-3-2-4-6-10/h2-9H,1H3,(H,15,16). The van der Waals surface area contributed by atoms with Gasteiger partial charge >= 0.3 is 0 Å². The molecule has 0 unspecified atom stereocenters. The first-order chi connectivity index (χ1) is 8.36. The first-order valence-corrected chi connectivity index (χ1v) is 6.68. The van der Waals surface area contributed by atoms with Gasteiger partial charge in [-0.15, -0.1) is 11.8 Å². The predicted molar refractivity (Wildman–Crippen MR) is 73.3 cm³/mol. The maximum Gasteiger partial charge on any atom is 0.138 e. The molecule has 0 bridgehead atoms. The molecule has 3 heteroatoms. The van der Waals surface area contributed by atoms with Gasteiger partial charge in [-0.05, 0) is 24.5 Å². The highest BCUT2D eigenvalue weighted by atomic mass is 32.2. The fourth-order valence-electron chi connectivity index (χ4n) is 1.85. The minimum atomic E-state index is 0.929. The molecule has 0 fully saturated rings. The zero-order valence-corrected chi connectivity index (χ0v) is 10.3. The largest absolute Gasteiger partial charge is 0.338 e. The van der Waals surface area contributed by atoms with Crippen molar-refractivity contribution in [2.24, 2.45) is 0 Å². The van der Waals surface area contributed by atoms with Gasteiger partial charge in [-0.1, -0.05) is 30.3 Å². The third-order valence-corrected chi connectivity index (χ3v) is 3.46. The number of thioether (sulfide) groups is 1. The number of nitrogens with zero attached hydrogens (tertiary/aromatic N) is 1. The SMILES string of the molecule is CSc1ccc2nc(-c3ccccc3)[nH]c2c1. The van der Waals surface area contributed by atoms with Gasteiger partial charge in [-0.3, -0.25) is 0 Å². The number of rotatable bonds is 2. The molecule has 0 amide bonds. The molecule has 3 rings (SSSR count). The van der Waals surface area contributed by atoms with Crippen molar-refractivity contribution in [1.29, 1.82) is 0 Å². The summed E-state index contributed by atoms with van der Waals surface area (Å²) >= 11 is 1.74. The van der Waals surface area contributed by atoms with E-state index >= 15 is 0 Å². The van der Waals surface area contributed by atoms with Crippen molar-refractivity contribution >= 4 is 22.8 Å². The van der Waals surface area contributed by atoms with Gasteiger partial charge in [0, 0.05) is 10.5 Å². The number of benzene rings is 2. The van der Waals surface area contributed by atoms with Crippen LogP contribution in [0.4, 0.5) is 0 Å². The molecule has 0 saturated heterocycles. The average molecular weight is 240 g/mol. The zero-order chi connectivity index (χ0) is 11.7. The normalized spacial score (nSPS) is 10.9. The van der Waals surface area contributed by atoms with Crippen molar-refractivity contribution < 1.29 is 0 Å². The first kappa shape index (κ1) is 10.4. The summed E-state index contributed by atoms with van der Waals surface area (Å²) in [4.78, 5) is 9.21. The molecule has 0 spiro atoms. The maximum atomic E-state index is 4.59. The van der Waals surface area contributed by atoms with Gasteiger partial charge < -0.3 is 4.98 Å². The van der Waals surface area contributed by atoms with E-state index in [4.69, 9.17) is 0 Å². The molecular formula is C14H12N2S. The van der Waals surface area contributed by atoms with E-state index in [0.29, 0.717) is 0 Å². The van der Waals surface area contributed by atoms with Crippen LogP contribution in [0.3, 0.4) is 0 Å². The Bertz CT molecular complexity index is 644. The fourth-order valence-corrected chi connectivity index (χ4v) is 2.29. The predicted octanol–water partition coefficient (Wildman–Crippen LogP) is 3.95. The smallest absolute Gasteiger partial charge is 0.138 e. The molecule has 3 aromatic rings. The fraction of sp³-hybridized carbons (Fsp3) is 0.0714. The highest BCUT2D eigenvalue weighted by Crippen LogP contribution is 2.23. The number of nitrogens with one attached hydrogen (secondary N) is 1. The molecule has 0 saturated carbocycles. The minimum absolute atomic E-state index is 0.929. The van der Waals surface area contributed by atoms with E-state index in [-0.39, 0.29) is 0 Å². The van der Waals surface area contributed by atoms with E-state index in [1.165, 1.54) is 4.90 Å². The molecule has 2 nitrogen and oxygen atoms in total. The summed E-state index contributed by atoms with van der Waals surface area (Å²) in [7, 11) is 0. The molecule has 0 radical (unpaired) electrons. The average Bonchev–Trinajstić information content (AvgIpc) is 2.82. The van der Waals surface area contributed by atoms with Gasteiger partial charge in [0.25, 0.3) is 0 Å². The summed E-state index contributed by atoms with van der Waals surface area (Å²) in [5, 5.41) is 0. The monoisotopic (exact) mass is 240 g/mol.